The van der Waals surface area contributed by atoms with Crippen LogP contribution < -0.4 is 0 Å². The second-order valence-corrected chi connectivity index (χ2v) is 13.8. The van der Waals surface area contributed by atoms with Crippen molar-refractivity contribution in [3.05, 3.63) is 0 Å². The molecule has 0 saturated heterocycles. The summed E-state index contributed by atoms with van der Waals surface area (Å²) in [4.78, 5) is 12.6. The van der Waals surface area contributed by atoms with E-state index in [1.54, 1.807) is 0 Å². The lowest BCUT2D eigenvalue weighted by atomic mass is 9.85. The van der Waals surface area contributed by atoms with E-state index in [4.69, 9.17) is 4.74 Å². The topological polar surface area (TPSA) is 26.3 Å². The van der Waals surface area contributed by atoms with E-state index in [2.05, 4.69) is 34.6 Å². The molecule has 2 heteroatoms. The van der Waals surface area contributed by atoms with Gasteiger partial charge in [0.25, 0.3) is 0 Å². The smallest absolute Gasteiger partial charge is 0.308 e. The highest BCUT2D eigenvalue weighted by molar-refractivity contribution is 5.72. The van der Waals surface area contributed by atoms with Crippen LogP contribution in [-0.2, 0) is 9.53 Å². The molecule has 0 N–H and O–H groups in total. The summed E-state index contributed by atoms with van der Waals surface area (Å²) in [6.07, 6.45) is 34.0. The number of rotatable bonds is 28. The summed E-state index contributed by atoms with van der Waals surface area (Å²) in [5.41, 5.74) is 0.170. The molecule has 0 aromatic carbocycles. The van der Waals surface area contributed by atoms with Gasteiger partial charge in [0.05, 0.1) is 12.5 Å². The maximum absolute atomic E-state index is 12.6. The molecule has 0 heterocycles. The van der Waals surface area contributed by atoms with Crippen LogP contribution in [-0.4, -0.2) is 12.6 Å². The van der Waals surface area contributed by atoms with Crippen molar-refractivity contribution in [3.8, 4) is 0 Å². The number of unbranched alkanes of at least 4 members (excludes halogenated alkanes) is 20. The van der Waals surface area contributed by atoms with Gasteiger partial charge in [-0.25, -0.2) is 0 Å². The molecule has 2 atom stereocenters. The molecule has 0 aromatic rings. The summed E-state index contributed by atoms with van der Waals surface area (Å²) in [6.45, 7) is 13.9. The van der Waals surface area contributed by atoms with E-state index >= 15 is 0 Å². The van der Waals surface area contributed by atoms with Gasteiger partial charge in [-0.1, -0.05) is 183 Å². The molecule has 0 aliphatic carbocycles. The van der Waals surface area contributed by atoms with Gasteiger partial charge in [0, 0.05) is 0 Å². The molecule has 228 valence electrons. The highest BCUT2D eigenvalue weighted by Crippen LogP contribution is 2.26. The van der Waals surface area contributed by atoms with Gasteiger partial charge in [-0.3, -0.25) is 4.79 Å². The summed E-state index contributed by atoms with van der Waals surface area (Å²) < 4.78 is 5.87. The van der Waals surface area contributed by atoms with E-state index < -0.39 is 0 Å². The zero-order valence-corrected chi connectivity index (χ0v) is 27.4. The first-order chi connectivity index (χ1) is 18.3. The molecule has 0 aliphatic heterocycles. The zero-order valence-electron chi connectivity index (χ0n) is 27.4. The third-order valence-corrected chi connectivity index (χ3v) is 8.21. The van der Waals surface area contributed by atoms with Crippen molar-refractivity contribution in [1.29, 1.82) is 0 Å². The fourth-order valence-corrected chi connectivity index (χ4v) is 5.85. The Bertz CT molecular complexity index is 492. The summed E-state index contributed by atoms with van der Waals surface area (Å²) in [6, 6.07) is 0. The third kappa shape index (κ3) is 27.1. The Hall–Kier alpha value is -0.530. The van der Waals surface area contributed by atoms with Gasteiger partial charge in [-0.15, -0.1) is 0 Å². The SMILES string of the molecule is CCCCCCCCCCCCCCC(CCCCCCCCCCCC)COC(=O)C(C)CC(C)(C)C. The molecule has 0 radical (unpaired) electrons. The number of ether oxygens (including phenoxy) is 1. The minimum atomic E-state index is -0.000351. The minimum Gasteiger partial charge on any atom is -0.465 e. The maximum atomic E-state index is 12.6. The predicted molar refractivity (Wildman–Crippen MR) is 170 cm³/mol. The second-order valence-electron chi connectivity index (χ2n) is 13.8. The molecule has 0 amide bonds. The van der Waals surface area contributed by atoms with Gasteiger partial charge in [-0.2, -0.15) is 0 Å². The molecule has 0 rings (SSSR count). The van der Waals surface area contributed by atoms with Gasteiger partial charge in [0.1, 0.15) is 0 Å². The summed E-state index contributed by atoms with van der Waals surface area (Å²) in [7, 11) is 0. The first-order valence-corrected chi connectivity index (χ1v) is 17.5. The monoisotopic (exact) mass is 537 g/mol. The number of hydrogen-bond acceptors (Lipinski definition) is 2. The van der Waals surface area contributed by atoms with E-state index in [0.717, 1.165) is 6.42 Å². The van der Waals surface area contributed by atoms with E-state index in [9.17, 15) is 4.79 Å². The van der Waals surface area contributed by atoms with Crippen molar-refractivity contribution in [2.24, 2.45) is 17.3 Å². The van der Waals surface area contributed by atoms with E-state index in [1.807, 2.05) is 6.92 Å². The van der Waals surface area contributed by atoms with Crippen LogP contribution in [0.15, 0.2) is 0 Å². The van der Waals surface area contributed by atoms with Crippen molar-refractivity contribution in [2.75, 3.05) is 6.61 Å². The number of carbonyl (C=O) groups is 1. The average Bonchev–Trinajstić information content (AvgIpc) is 2.87. The lowest BCUT2D eigenvalue weighted by Crippen LogP contribution is -2.23. The predicted octanol–water partition coefficient (Wildman–Crippen LogP) is 12.6. The summed E-state index contributed by atoms with van der Waals surface area (Å²) in [5.74, 6) is 0.570. The number of carbonyl (C=O) groups excluding carboxylic acids is 1. The van der Waals surface area contributed by atoms with Gasteiger partial charge in [-0.05, 0) is 30.6 Å². The summed E-state index contributed by atoms with van der Waals surface area (Å²) >= 11 is 0. The Kier molecular flexibility index (Phi) is 26.3. The number of hydrogen-bond donors (Lipinski definition) is 0. The highest BCUT2D eigenvalue weighted by atomic mass is 16.5. The van der Waals surface area contributed by atoms with Crippen LogP contribution in [0.1, 0.15) is 202 Å². The van der Waals surface area contributed by atoms with Crippen molar-refractivity contribution >= 4 is 5.97 Å². The molecule has 0 spiro atoms. The van der Waals surface area contributed by atoms with Crippen LogP contribution in [0.2, 0.25) is 0 Å². The zero-order chi connectivity index (χ0) is 28.3. The Morgan fingerprint density at radius 1 is 0.553 bits per heavy atom. The first kappa shape index (κ1) is 37.5. The third-order valence-electron chi connectivity index (χ3n) is 8.21. The van der Waals surface area contributed by atoms with Crippen LogP contribution in [0, 0.1) is 17.3 Å². The maximum Gasteiger partial charge on any atom is 0.308 e. The molecule has 2 nitrogen and oxygen atoms in total. The second kappa shape index (κ2) is 26.7. The molecule has 2 unspecified atom stereocenters. The van der Waals surface area contributed by atoms with E-state index in [0.29, 0.717) is 12.5 Å². The lowest BCUT2D eigenvalue weighted by molar-refractivity contribution is -0.150. The Morgan fingerprint density at radius 2 is 0.868 bits per heavy atom. The molecular formula is C36H72O2. The fourth-order valence-electron chi connectivity index (χ4n) is 5.85. The van der Waals surface area contributed by atoms with Crippen molar-refractivity contribution in [1.82, 2.24) is 0 Å². The van der Waals surface area contributed by atoms with Gasteiger partial charge in [0.15, 0.2) is 0 Å². The van der Waals surface area contributed by atoms with E-state index in [1.165, 1.54) is 154 Å². The lowest BCUT2D eigenvalue weighted by Gasteiger charge is -2.23. The van der Waals surface area contributed by atoms with E-state index in [-0.39, 0.29) is 17.3 Å². The molecule has 0 saturated carbocycles. The van der Waals surface area contributed by atoms with Gasteiger partial charge < -0.3 is 4.74 Å². The molecule has 0 bridgehead atoms. The fraction of sp³-hybridized carbons (Fsp3) is 0.972. The minimum absolute atomic E-state index is 0.000351. The van der Waals surface area contributed by atoms with Crippen LogP contribution >= 0.6 is 0 Å². The van der Waals surface area contributed by atoms with Crippen LogP contribution in [0.25, 0.3) is 0 Å². The van der Waals surface area contributed by atoms with Crippen molar-refractivity contribution in [2.45, 2.75) is 202 Å². The van der Waals surface area contributed by atoms with Gasteiger partial charge >= 0.3 is 5.97 Å². The largest absolute Gasteiger partial charge is 0.465 e. The normalized spacial score (nSPS) is 13.5. The molecule has 0 aromatic heterocycles. The molecule has 0 fully saturated rings. The Morgan fingerprint density at radius 3 is 1.18 bits per heavy atom. The summed E-state index contributed by atoms with van der Waals surface area (Å²) in [5, 5.41) is 0. The Balaban J connectivity index is 4.13. The standard InChI is InChI=1S/C36H72O2/c1-7-9-11-13-15-17-19-20-22-24-26-28-30-34(32-38-35(37)33(3)31-36(4,5)6)29-27-25-23-21-18-16-14-12-10-8-2/h33-34H,7-32H2,1-6H3. The molecular weight excluding hydrogens is 464 g/mol. The quantitative estimate of drug-likeness (QED) is 0.0734. The highest BCUT2D eigenvalue weighted by Gasteiger charge is 2.23. The van der Waals surface area contributed by atoms with Crippen LogP contribution in [0.5, 0.6) is 0 Å². The molecule has 38 heavy (non-hydrogen) atoms. The molecule has 0 aliphatic rings. The average molecular weight is 537 g/mol. The first-order valence-electron chi connectivity index (χ1n) is 17.5. The van der Waals surface area contributed by atoms with Crippen molar-refractivity contribution in [3.63, 3.8) is 0 Å². The van der Waals surface area contributed by atoms with Gasteiger partial charge in [0.2, 0.25) is 0 Å². The van der Waals surface area contributed by atoms with Crippen molar-refractivity contribution < 1.29 is 9.53 Å². The van der Waals surface area contributed by atoms with Crippen LogP contribution in [0.4, 0.5) is 0 Å². The Labute approximate surface area is 241 Å². The van der Waals surface area contributed by atoms with Crippen LogP contribution in [0.3, 0.4) is 0 Å². The number of esters is 1.